The number of anilines is 2. The normalized spacial score (nSPS) is 15.7. The number of hydrogen-bond donors (Lipinski definition) is 1. The third kappa shape index (κ3) is 6.20. The number of alkyl halides is 3. The van der Waals surface area contributed by atoms with Crippen LogP contribution in [0.15, 0.2) is 54.9 Å². The molecule has 12 heteroatoms. The number of benzene rings is 2. The first-order valence-corrected chi connectivity index (χ1v) is 11.7. The molecule has 1 unspecified atom stereocenters. The van der Waals surface area contributed by atoms with Gasteiger partial charge in [0.05, 0.1) is 30.9 Å². The first-order valence-electron chi connectivity index (χ1n) is 11.7. The maximum Gasteiger partial charge on any atom is 0.491 e. The van der Waals surface area contributed by atoms with Crippen molar-refractivity contribution in [2.24, 2.45) is 0 Å². The molecule has 1 saturated heterocycles. The number of halogens is 3. The second-order valence-electron chi connectivity index (χ2n) is 8.86. The molecule has 1 aliphatic heterocycles. The van der Waals surface area contributed by atoms with Crippen LogP contribution in [0.3, 0.4) is 0 Å². The highest BCUT2D eigenvalue weighted by Gasteiger charge is 2.41. The highest BCUT2D eigenvalue weighted by Crippen LogP contribution is 2.30. The minimum absolute atomic E-state index is 0.109. The van der Waals surface area contributed by atoms with E-state index in [0.717, 1.165) is 19.5 Å². The molecule has 1 aromatic heterocycles. The predicted octanol–water partition coefficient (Wildman–Crippen LogP) is 4.14. The Morgan fingerprint density at radius 1 is 1.13 bits per heavy atom. The topological polar surface area (TPSA) is 96.9 Å². The number of methoxy groups -OCH3 is 1. The summed E-state index contributed by atoms with van der Waals surface area (Å²) in [6.45, 7) is 1.76. The number of carbonyl (C=O) groups is 2. The van der Waals surface area contributed by atoms with Gasteiger partial charge in [0.1, 0.15) is 17.3 Å². The van der Waals surface area contributed by atoms with E-state index in [-0.39, 0.29) is 17.7 Å². The number of nitrogens with one attached hydrogen (secondary N) is 1. The van der Waals surface area contributed by atoms with Crippen LogP contribution in [0.5, 0.6) is 11.5 Å². The molecule has 2 aromatic carbocycles. The molecule has 9 nitrogen and oxygen atoms in total. The van der Waals surface area contributed by atoms with Gasteiger partial charge >= 0.3 is 12.1 Å². The molecule has 4 rings (SSSR count). The van der Waals surface area contributed by atoms with Crippen molar-refractivity contribution in [3.63, 3.8) is 0 Å². The average Bonchev–Trinajstić information content (AvgIpc) is 3.34. The number of esters is 1. The van der Waals surface area contributed by atoms with Gasteiger partial charge in [-0.3, -0.25) is 9.78 Å². The van der Waals surface area contributed by atoms with Crippen LogP contribution in [0, 0.1) is 0 Å². The molecular formula is C26H26F3N5O4. The van der Waals surface area contributed by atoms with Gasteiger partial charge in [-0.25, -0.2) is 9.78 Å². The Labute approximate surface area is 217 Å². The van der Waals surface area contributed by atoms with E-state index in [0.29, 0.717) is 34.1 Å². The predicted molar refractivity (Wildman–Crippen MR) is 133 cm³/mol. The highest BCUT2D eigenvalue weighted by molar-refractivity contribution is 5.96. The van der Waals surface area contributed by atoms with Crippen molar-refractivity contribution in [1.82, 2.24) is 19.8 Å². The summed E-state index contributed by atoms with van der Waals surface area (Å²) in [6, 6.07) is 10.6. The van der Waals surface area contributed by atoms with Crippen LogP contribution >= 0.6 is 0 Å². The van der Waals surface area contributed by atoms with Gasteiger partial charge in [0, 0.05) is 30.8 Å². The van der Waals surface area contributed by atoms with E-state index in [2.05, 4.69) is 24.9 Å². The summed E-state index contributed by atoms with van der Waals surface area (Å²) < 4.78 is 47.0. The number of likely N-dealkylation sites (N-methyl/N-ethyl adjacent to an activating group) is 2. The van der Waals surface area contributed by atoms with Crippen LogP contribution in [0.25, 0.3) is 11.3 Å². The lowest BCUT2D eigenvalue weighted by Crippen LogP contribution is -2.38. The lowest BCUT2D eigenvalue weighted by Gasteiger charge is -2.25. The summed E-state index contributed by atoms with van der Waals surface area (Å²) in [7, 11) is 5.34. The largest absolute Gasteiger partial charge is 0.495 e. The highest BCUT2D eigenvalue weighted by atomic mass is 19.4. The van der Waals surface area contributed by atoms with Gasteiger partial charge in [-0.2, -0.15) is 13.2 Å². The molecule has 38 heavy (non-hydrogen) atoms. The van der Waals surface area contributed by atoms with E-state index >= 15 is 0 Å². The standard InChI is InChI=1S/C26H26F3N5O4/c1-33-11-10-18(15-33)34(2)24(35)17-6-9-22(37-3)20(12-17)31-23-14-30-13-21(32-23)16-4-7-19(8-5-16)38-25(36)26(27,28)29/h4-9,12-14,18H,10-11,15H2,1-3H3,(H,31,32). The van der Waals surface area contributed by atoms with Crippen molar-refractivity contribution in [2.75, 3.05) is 39.6 Å². The molecule has 2 heterocycles. The van der Waals surface area contributed by atoms with Crippen LogP contribution < -0.4 is 14.8 Å². The molecule has 1 aliphatic rings. The number of amides is 1. The molecule has 0 aliphatic carbocycles. The molecule has 3 aromatic rings. The summed E-state index contributed by atoms with van der Waals surface area (Å²) >= 11 is 0. The Morgan fingerprint density at radius 2 is 1.87 bits per heavy atom. The Morgan fingerprint density at radius 3 is 2.50 bits per heavy atom. The van der Waals surface area contributed by atoms with E-state index in [9.17, 15) is 22.8 Å². The molecule has 1 atom stereocenters. The number of nitrogens with zero attached hydrogens (tertiary/aromatic N) is 4. The second-order valence-corrected chi connectivity index (χ2v) is 8.86. The quantitative estimate of drug-likeness (QED) is 0.361. The molecule has 200 valence electrons. The molecule has 1 N–H and O–H groups in total. The van der Waals surface area contributed by atoms with Crippen molar-refractivity contribution >= 4 is 23.4 Å². The van der Waals surface area contributed by atoms with Gasteiger partial charge in [0.2, 0.25) is 0 Å². The first kappa shape index (κ1) is 26.9. The number of ether oxygens (including phenoxy) is 2. The molecule has 0 spiro atoms. The molecule has 0 bridgehead atoms. The first-order chi connectivity index (χ1) is 18.0. The van der Waals surface area contributed by atoms with Crippen LogP contribution in [-0.2, 0) is 4.79 Å². The fourth-order valence-corrected chi connectivity index (χ4v) is 4.10. The smallest absolute Gasteiger partial charge is 0.491 e. The van der Waals surface area contributed by atoms with Crippen molar-refractivity contribution < 1.29 is 32.2 Å². The Kier molecular flexibility index (Phi) is 7.81. The summed E-state index contributed by atoms with van der Waals surface area (Å²) in [5, 5.41) is 3.13. The molecule has 0 radical (unpaired) electrons. The van der Waals surface area contributed by atoms with Gasteiger partial charge in [-0.1, -0.05) is 0 Å². The Bertz CT molecular complexity index is 1320. The number of rotatable bonds is 7. The maximum absolute atomic E-state index is 13.1. The summed E-state index contributed by atoms with van der Waals surface area (Å²) in [5.41, 5.74) is 1.95. The maximum atomic E-state index is 13.1. The van der Waals surface area contributed by atoms with Crippen LogP contribution in [0.1, 0.15) is 16.8 Å². The monoisotopic (exact) mass is 529 g/mol. The lowest BCUT2D eigenvalue weighted by molar-refractivity contribution is -0.189. The summed E-state index contributed by atoms with van der Waals surface area (Å²) in [6.07, 6.45) is -1.21. The fraction of sp³-hybridized carbons (Fsp3) is 0.308. The third-order valence-electron chi connectivity index (χ3n) is 6.17. The van der Waals surface area contributed by atoms with Crippen LogP contribution in [-0.4, -0.2) is 78.2 Å². The number of hydrogen-bond acceptors (Lipinski definition) is 8. The van der Waals surface area contributed by atoms with E-state index in [4.69, 9.17) is 4.74 Å². The van der Waals surface area contributed by atoms with Crippen molar-refractivity contribution in [3.8, 4) is 22.8 Å². The summed E-state index contributed by atoms with van der Waals surface area (Å²) in [4.78, 5) is 36.8. The van der Waals surface area contributed by atoms with E-state index in [1.165, 1.54) is 43.8 Å². The average molecular weight is 530 g/mol. The molecule has 1 amide bonds. The van der Waals surface area contributed by atoms with Crippen molar-refractivity contribution in [1.29, 1.82) is 0 Å². The fourth-order valence-electron chi connectivity index (χ4n) is 4.10. The van der Waals surface area contributed by atoms with Gasteiger partial charge in [-0.05, 0) is 62.5 Å². The SMILES string of the molecule is COc1ccc(C(=O)N(C)C2CCN(C)C2)cc1Nc1cncc(-c2ccc(OC(=O)C(F)(F)F)cc2)n1. The zero-order valence-electron chi connectivity index (χ0n) is 21.0. The number of carbonyl (C=O) groups excluding carboxylic acids is 2. The molecule has 1 fully saturated rings. The van der Waals surface area contributed by atoms with Gasteiger partial charge in [0.15, 0.2) is 0 Å². The molecule has 0 saturated carbocycles. The van der Waals surface area contributed by atoms with Gasteiger partial charge < -0.3 is 24.6 Å². The third-order valence-corrected chi connectivity index (χ3v) is 6.17. The van der Waals surface area contributed by atoms with Crippen molar-refractivity contribution in [2.45, 2.75) is 18.6 Å². The van der Waals surface area contributed by atoms with Gasteiger partial charge in [-0.15, -0.1) is 0 Å². The number of likely N-dealkylation sites (tertiary alicyclic amines) is 1. The minimum Gasteiger partial charge on any atom is -0.495 e. The van der Waals surface area contributed by atoms with Crippen LogP contribution in [0.4, 0.5) is 24.7 Å². The summed E-state index contributed by atoms with van der Waals surface area (Å²) in [5.74, 6) is -1.81. The Hall–Kier alpha value is -4.19. The Balaban J connectivity index is 1.51. The zero-order valence-corrected chi connectivity index (χ0v) is 21.0. The minimum atomic E-state index is -5.09. The van der Waals surface area contributed by atoms with Gasteiger partial charge in [0.25, 0.3) is 5.91 Å². The van der Waals surface area contributed by atoms with Crippen LogP contribution in [0.2, 0.25) is 0 Å². The molecular weight excluding hydrogens is 503 g/mol. The van der Waals surface area contributed by atoms with E-state index < -0.39 is 12.1 Å². The second kappa shape index (κ2) is 11.1. The van der Waals surface area contributed by atoms with Crippen molar-refractivity contribution in [3.05, 3.63) is 60.4 Å². The van der Waals surface area contributed by atoms with E-state index in [1.807, 2.05) is 7.05 Å². The number of aromatic nitrogens is 2. The zero-order chi connectivity index (χ0) is 27.4. The van der Waals surface area contributed by atoms with E-state index in [1.54, 1.807) is 30.1 Å². The lowest BCUT2D eigenvalue weighted by atomic mass is 10.1.